The van der Waals surface area contributed by atoms with Gasteiger partial charge in [-0.15, -0.1) is 0 Å². The lowest BCUT2D eigenvalue weighted by molar-refractivity contribution is -0.111. The van der Waals surface area contributed by atoms with Crippen molar-refractivity contribution in [1.82, 2.24) is 4.90 Å². The van der Waals surface area contributed by atoms with Crippen molar-refractivity contribution in [2.75, 3.05) is 14.1 Å². The van der Waals surface area contributed by atoms with Gasteiger partial charge in [0.1, 0.15) is 5.76 Å². The third-order valence-electron chi connectivity index (χ3n) is 3.38. The van der Waals surface area contributed by atoms with Crippen LogP contribution in [0, 0.1) is 5.41 Å². The number of rotatable bonds is 1. The first-order valence-corrected chi connectivity index (χ1v) is 6.84. The number of allylic oxidation sites excluding steroid dienone is 4. The summed E-state index contributed by atoms with van der Waals surface area (Å²) in [6.45, 7) is 6.23. The first-order chi connectivity index (χ1) is 8.25. The van der Waals surface area contributed by atoms with Crippen molar-refractivity contribution >= 4 is 21.7 Å². The molecule has 1 saturated heterocycles. The Morgan fingerprint density at radius 3 is 2.61 bits per heavy atom. The Morgan fingerprint density at radius 1 is 1.44 bits per heavy atom. The van der Waals surface area contributed by atoms with E-state index in [9.17, 15) is 4.79 Å². The summed E-state index contributed by atoms with van der Waals surface area (Å²) in [7, 11) is 3.84. The number of carbonyl (C=O) groups is 1. The van der Waals surface area contributed by atoms with E-state index in [-0.39, 0.29) is 16.2 Å². The molecule has 0 radical (unpaired) electrons. The molecule has 1 fully saturated rings. The monoisotopic (exact) mass is 311 g/mol. The van der Waals surface area contributed by atoms with E-state index in [2.05, 4.69) is 29.8 Å². The van der Waals surface area contributed by atoms with Gasteiger partial charge in [-0.25, -0.2) is 0 Å². The number of alkyl halides is 1. The molecule has 0 aromatic rings. The van der Waals surface area contributed by atoms with E-state index < -0.39 is 0 Å². The fraction of sp³-hybridized carbons (Fsp3) is 0.500. The molecule has 0 spiro atoms. The summed E-state index contributed by atoms with van der Waals surface area (Å²) >= 11 is 3.53. The highest BCUT2D eigenvalue weighted by Gasteiger charge is 2.46. The molecule has 1 aliphatic heterocycles. The first-order valence-electron chi connectivity index (χ1n) is 5.92. The van der Waals surface area contributed by atoms with Crippen LogP contribution < -0.4 is 0 Å². The number of carbonyl (C=O) groups excluding carboxylic acids is 1. The van der Waals surface area contributed by atoms with Gasteiger partial charge in [0.2, 0.25) is 0 Å². The lowest BCUT2D eigenvalue weighted by Crippen LogP contribution is -2.22. The molecule has 1 heterocycles. The maximum absolute atomic E-state index is 12.1. The summed E-state index contributed by atoms with van der Waals surface area (Å²) < 4.78 is 5.73. The van der Waals surface area contributed by atoms with Crippen LogP contribution in [0.5, 0.6) is 0 Å². The zero-order chi connectivity index (χ0) is 13.7. The summed E-state index contributed by atoms with van der Waals surface area (Å²) in [6.07, 6.45) is 3.47. The number of hydrogen-bond acceptors (Lipinski definition) is 3. The predicted octanol–water partition coefficient (Wildman–Crippen LogP) is 2.99. The van der Waals surface area contributed by atoms with Gasteiger partial charge in [0, 0.05) is 42.9 Å². The summed E-state index contributed by atoms with van der Waals surface area (Å²) in [6, 6.07) is 0. The molecule has 18 heavy (non-hydrogen) atoms. The molecule has 4 heteroatoms. The number of ketones is 1. The average molecular weight is 312 g/mol. The summed E-state index contributed by atoms with van der Waals surface area (Å²) in [5.74, 6) is 0.720. The Kier molecular flexibility index (Phi) is 3.18. The number of hydrogen-bond donors (Lipinski definition) is 0. The molecule has 2 aliphatic rings. The molecular weight excluding hydrogens is 294 g/mol. The summed E-state index contributed by atoms with van der Waals surface area (Å²) in [5.41, 5.74) is 2.74. The van der Waals surface area contributed by atoms with Crippen molar-refractivity contribution in [3.63, 3.8) is 0 Å². The molecule has 2 rings (SSSR count). The van der Waals surface area contributed by atoms with Crippen molar-refractivity contribution in [3.05, 3.63) is 34.8 Å². The minimum atomic E-state index is -0.137. The smallest absolute Gasteiger partial charge is 0.191 e. The summed E-state index contributed by atoms with van der Waals surface area (Å²) in [5, 5.41) is -0.0901. The van der Waals surface area contributed by atoms with Crippen LogP contribution in [0.4, 0.5) is 0 Å². The minimum Gasteiger partial charge on any atom is -0.478 e. The third kappa shape index (κ3) is 1.92. The first kappa shape index (κ1) is 13.4. The largest absolute Gasteiger partial charge is 0.478 e. The Hall–Kier alpha value is -1.03. The average Bonchev–Trinajstić information content (AvgIpc) is 2.44. The molecule has 0 saturated carbocycles. The quantitative estimate of drug-likeness (QED) is 0.551. The molecule has 0 bridgehead atoms. The second-order valence-corrected chi connectivity index (χ2v) is 6.37. The molecule has 0 aromatic carbocycles. The lowest BCUT2D eigenvalue weighted by Gasteiger charge is -2.24. The highest BCUT2D eigenvalue weighted by molar-refractivity contribution is 9.09. The standard InChI is InChI=1S/C14H18BrNO2/c1-8-9(7-16(4)5)10(17)6-11-12(8)14(2,3)13(15)18-11/h6-7,13H,1-5H3/b9-7-. The number of fused-ring (bicyclic) bond motifs is 1. The molecular formula is C14H18BrNO2. The van der Waals surface area contributed by atoms with Crippen LogP contribution in [0.3, 0.4) is 0 Å². The second kappa shape index (κ2) is 4.26. The molecule has 0 amide bonds. The Bertz CT molecular complexity index is 498. The molecule has 3 nitrogen and oxygen atoms in total. The highest BCUT2D eigenvalue weighted by atomic mass is 79.9. The van der Waals surface area contributed by atoms with Gasteiger partial charge in [-0.1, -0.05) is 13.8 Å². The molecule has 1 unspecified atom stereocenters. The molecule has 1 atom stereocenters. The SMILES string of the molecule is CC1=C2C(=CC(=O)/C1=C\N(C)C)OC(Br)C2(C)C. The van der Waals surface area contributed by atoms with Gasteiger partial charge in [0.05, 0.1) is 0 Å². The van der Waals surface area contributed by atoms with E-state index in [0.717, 1.165) is 16.7 Å². The van der Waals surface area contributed by atoms with Crippen molar-refractivity contribution in [2.24, 2.45) is 5.41 Å². The highest BCUT2D eigenvalue weighted by Crippen LogP contribution is 2.51. The molecule has 98 valence electrons. The number of halogens is 1. The van der Waals surface area contributed by atoms with Crippen LogP contribution in [-0.4, -0.2) is 29.8 Å². The van der Waals surface area contributed by atoms with E-state index in [1.54, 1.807) is 6.08 Å². The van der Waals surface area contributed by atoms with E-state index in [1.165, 1.54) is 0 Å². The fourth-order valence-corrected chi connectivity index (χ4v) is 2.89. The van der Waals surface area contributed by atoms with Crippen molar-refractivity contribution in [2.45, 2.75) is 25.8 Å². The van der Waals surface area contributed by atoms with Gasteiger partial charge in [0.15, 0.2) is 10.8 Å². The van der Waals surface area contributed by atoms with E-state index >= 15 is 0 Å². The van der Waals surface area contributed by atoms with Gasteiger partial charge in [-0.05, 0) is 28.4 Å². The van der Waals surface area contributed by atoms with Crippen LogP contribution in [0.15, 0.2) is 34.8 Å². The second-order valence-electron chi connectivity index (χ2n) is 5.53. The zero-order valence-electron chi connectivity index (χ0n) is 11.4. The van der Waals surface area contributed by atoms with Crippen LogP contribution in [0.25, 0.3) is 0 Å². The Morgan fingerprint density at radius 2 is 2.06 bits per heavy atom. The maximum atomic E-state index is 12.1. The Balaban J connectivity index is 2.60. The predicted molar refractivity (Wildman–Crippen MR) is 75.1 cm³/mol. The van der Waals surface area contributed by atoms with Crippen LogP contribution in [-0.2, 0) is 9.53 Å². The van der Waals surface area contributed by atoms with Gasteiger partial charge >= 0.3 is 0 Å². The van der Waals surface area contributed by atoms with Crippen molar-refractivity contribution < 1.29 is 9.53 Å². The summed E-state index contributed by atoms with van der Waals surface area (Å²) in [4.78, 5) is 14.0. The molecule has 1 aliphatic carbocycles. The van der Waals surface area contributed by atoms with Gasteiger partial charge in [-0.2, -0.15) is 0 Å². The van der Waals surface area contributed by atoms with Gasteiger partial charge in [-0.3, -0.25) is 4.79 Å². The fourth-order valence-electron chi connectivity index (χ4n) is 2.46. The van der Waals surface area contributed by atoms with Crippen LogP contribution in [0.2, 0.25) is 0 Å². The normalized spacial score (nSPS) is 28.1. The van der Waals surface area contributed by atoms with Gasteiger partial charge in [0.25, 0.3) is 0 Å². The lowest BCUT2D eigenvalue weighted by atomic mass is 9.78. The Labute approximate surface area is 116 Å². The molecule has 0 N–H and O–H groups in total. The number of nitrogens with zero attached hydrogens (tertiary/aromatic N) is 1. The van der Waals surface area contributed by atoms with Crippen molar-refractivity contribution in [3.8, 4) is 0 Å². The minimum absolute atomic E-state index is 0.0114. The molecule has 0 aromatic heterocycles. The van der Waals surface area contributed by atoms with E-state index in [4.69, 9.17) is 4.74 Å². The maximum Gasteiger partial charge on any atom is 0.191 e. The van der Waals surface area contributed by atoms with Crippen LogP contribution >= 0.6 is 15.9 Å². The topological polar surface area (TPSA) is 29.5 Å². The van der Waals surface area contributed by atoms with E-state index in [0.29, 0.717) is 5.76 Å². The van der Waals surface area contributed by atoms with Crippen molar-refractivity contribution in [1.29, 1.82) is 0 Å². The van der Waals surface area contributed by atoms with Gasteiger partial charge < -0.3 is 9.64 Å². The number of ether oxygens (including phenoxy) is 1. The zero-order valence-corrected chi connectivity index (χ0v) is 13.0. The van der Waals surface area contributed by atoms with Crippen LogP contribution in [0.1, 0.15) is 20.8 Å². The van der Waals surface area contributed by atoms with E-state index in [1.807, 2.05) is 32.1 Å². The third-order valence-corrected chi connectivity index (χ3v) is 4.71.